The van der Waals surface area contributed by atoms with Gasteiger partial charge >= 0.3 is 0 Å². The Morgan fingerprint density at radius 3 is 1.15 bits per heavy atom. The number of hydrogen-bond acceptors (Lipinski definition) is 3. The van der Waals surface area contributed by atoms with Crippen LogP contribution >= 0.6 is 0 Å². The minimum Gasteiger partial charge on any atom is -0.394 e. The second-order valence-electron chi connectivity index (χ2n) is 4.12. The number of hydrogen-bond donors (Lipinski definition) is 3. The van der Waals surface area contributed by atoms with Crippen LogP contribution in [0.1, 0.15) is 20.8 Å². The van der Waals surface area contributed by atoms with Gasteiger partial charge in [-0.2, -0.15) is 0 Å². The van der Waals surface area contributed by atoms with E-state index < -0.39 is 0 Å². The van der Waals surface area contributed by atoms with E-state index in [1.54, 1.807) is 20.8 Å². The second kappa shape index (κ2) is 6.41. The van der Waals surface area contributed by atoms with E-state index >= 15 is 0 Å². The third-order valence-electron chi connectivity index (χ3n) is 2.02. The van der Waals surface area contributed by atoms with Crippen molar-refractivity contribution in [1.29, 1.82) is 0 Å². The smallest absolute Gasteiger partial charge is 0.148 e. The van der Waals surface area contributed by atoms with Crippen molar-refractivity contribution in [1.82, 2.24) is 0 Å². The monoisotopic (exact) mass is 188 g/mol. The Hall–Kier alpha value is -0.0551. The molecule has 0 aromatic rings. The molecule has 4 heteroatoms. The zero-order valence-corrected chi connectivity index (χ0v) is 8.77. The maximum absolute atomic E-state index is 9.19. The Labute approximate surface area is 80.9 Å². The highest BCUT2D eigenvalue weighted by molar-refractivity contribution is 6.59. The SMILES string of the molecule is CC(O)CB(CC(C)O)CC(C)O. The maximum Gasteiger partial charge on any atom is 0.148 e. The van der Waals surface area contributed by atoms with Gasteiger partial charge in [-0.1, -0.05) is 0 Å². The van der Waals surface area contributed by atoms with Gasteiger partial charge in [0.1, 0.15) is 6.71 Å². The molecule has 0 aromatic heterocycles. The highest BCUT2D eigenvalue weighted by Crippen LogP contribution is 2.13. The molecule has 0 aliphatic carbocycles. The molecule has 0 aliphatic rings. The molecule has 0 aliphatic heterocycles. The summed E-state index contributed by atoms with van der Waals surface area (Å²) in [7, 11) is 0. The van der Waals surface area contributed by atoms with Crippen LogP contribution in [0, 0.1) is 0 Å². The summed E-state index contributed by atoms with van der Waals surface area (Å²) >= 11 is 0. The van der Waals surface area contributed by atoms with E-state index in [4.69, 9.17) is 0 Å². The van der Waals surface area contributed by atoms with Crippen LogP contribution in [0.25, 0.3) is 0 Å². The van der Waals surface area contributed by atoms with E-state index in [9.17, 15) is 15.3 Å². The molecule has 78 valence electrons. The van der Waals surface area contributed by atoms with E-state index in [1.807, 2.05) is 0 Å². The number of rotatable bonds is 6. The molecule has 0 saturated carbocycles. The molecule has 0 spiro atoms. The molecular weight excluding hydrogens is 167 g/mol. The van der Waals surface area contributed by atoms with Crippen LogP contribution in [0.2, 0.25) is 19.0 Å². The van der Waals surface area contributed by atoms with Gasteiger partial charge in [-0.15, -0.1) is 0 Å². The van der Waals surface area contributed by atoms with Crippen molar-refractivity contribution in [3.63, 3.8) is 0 Å². The van der Waals surface area contributed by atoms with E-state index in [2.05, 4.69) is 0 Å². The Balaban J connectivity index is 3.87. The van der Waals surface area contributed by atoms with Crippen LogP contribution in [-0.2, 0) is 0 Å². The summed E-state index contributed by atoms with van der Waals surface area (Å²) in [5.41, 5.74) is 0. The Morgan fingerprint density at radius 2 is 1.00 bits per heavy atom. The molecule has 0 rings (SSSR count). The quantitative estimate of drug-likeness (QED) is 0.535. The third kappa shape index (κ3) is 8.28. The zero-order valence-electron chi connectivity index (χ0n) is 8.77. The Morgan fingerprint density at radius 1 is 0.769 bits per heavy atom. The maximum atomic E-state index is 9.19. The van der Waals surface area contributed by atoms with Crippen LogP contribution in [0.4, 0.5) is 0 Å². The summed E-state index contributed by atoms with van der Waals surface area (Å²) in [6.07, 6.45) is 0.869. The van der Waals surface area contributed by atoms with Crippen molar-refractivity contribution in [3.8, 4) is 0 Å². The fourth-order valence-electron chi connectivity index (χ4n) is 1.74. The van der Waals surface area contributed by atoms with Crippen molar-refractivity contribution in [2.24, 2.45) is 0 Å². The van der Waals surface area contributed by atoms with Gasteiger partial charge in [0, 0.05) is 18.3 Å². The van der Waals surface area contributed by atoms with Gasteiger partial charge in [0.2, 0.25) is 0 Å². The molecule has 0 fully saturated rings. The lowest BCUT2D eigenvalue weighted by Crippen LogP contribution is -2.26. The molecule has 3 atom stereocenters. The first-order valence-electron chi connectivity index (χ1n) is 4.96. The normalized spacial score (nSPS) is 18.0. The fourth-order valence-corrected chi connectivity index (χ4v) is 1.74. The van der Waals surface area contributed by atoms with Gasteiger partial charge in [0.05, 0.1) is 0 Å². The summed E-state index contributed by atoms with van der Waals surface area (Å²) in [5, 5.41) is 27.6. The highest BCUT2D eigenvalue weighted by Gasteiger charge is 2.19. The fraction of sp³-hybridized carbons (Fsp3) is 1.00. The standard InChI is InChI=1S/C9H21BO3/c1-7(11)4-10(5-8(2)12)6-9(3)13/h7-9,11-13H,4-6H2,1-3H3. The van der Waals surface area contributed by atoms with Crippen molar-refractivity contribution < 1.29 is 15.3 Å². The van der Waals surface area contributed by atoms with E-state index in [-0.39, 0.29) is 25.0 Å². The topological polar surface area (TPSA) is 60.7 Å². The Bertz CT molecular complexity index is 102. The third-order valence-corrected chi connectivity index (χ3v) is 2.02. The van der Waals surface area contributed by atoms with E-state index in [0.29, 0.717) is 19.0 Å². The van der Waals surface area contributed by atoms with Gasteiger partial charge in [0.15, 0.2) is 0 Å². The first kappa shape index (κ1) is 12.9. The van der Waals surface area contributed by atoms with Gasteiger partial charge in [-0.05, 0) is 39.7 Å². The summed E-state index contributed by atoms with van der Waals surface area (Å²) in [4.78, 5) is 0. The molecule has 0 bridgehead atoms. The van der Waals surface area contributed by atoms with Gasteiger partial charge in [0.25, 0.3) is 0 Å². The molecule has 0 amide bonds. The number of aliphatic hydroxyl groups excluding tert-OH is 3. The van der Waals surface area contributed by atoms with Crippen molar-refractivity contribution >= 4 is 6.71 Å². The summed E-state index contributed by atoms with van der Waals surface area (Å²) in [6, 6.07) is 0. The zero-order chi connectivity index (χ0) is 10.4. The van der Waals surface area contributed by atoms with Gasteiger partial charge < -0.3 is 15.3 Å². The molecule has 3 N–H and O–H groups in total. The van der Waals surface area contributed by atoms with E-state index in [1.165, 1.54) is 0 Å². The van der Waals surface area contributed by atoms with Crippen molar-refractivity contribution in [3.05, 3.63) is 0 Å². The average molecular weight is 188 g/mol. The lowest BCUT2D eigenvalue weighted by molar-refractivity contribution is 0.197. The molecule has 3 nitrogen and oxygen atoms in total. The van der Waals surface area contributed by atoms with Gasteiger partial charge in [-0.3, -0.25) is 0 Å². The molecule has 0 saturated heterocycles. The lowest BCUT2D eigenvalue weighted by atomic mass is 9.40. The Kier molecular flexibility index (Phi) is 6.38. The molecular formula is C9H21BO3. The lowest BCUT2D eigenvalue weighted by Gasteiger charge is -2.18. The predicted octanol–water partition coefficient (Wildman–Crippen LogP) is 0.624. The van der Waals surface area contributed by atoms with Crippen molar-refractivity contribution in [2.75, 3.05) is 0 Å². The molecule has 0 heterocycles. The molecule has 0 aromatic carbocycles. The van der Waals surface area contributed by atoms with Crippen LogP contribution in [0.3, 0.4) is 0 Å². The van der Waals surface area contributed by atoms with Crippen LogP contribution in [0.5, 0.6) is 0 Å². The minimum absolute atomic E-state index is 0.208. The highest BCUT2D eigenvalue weighted by atomic mass is 16.3. The average Bonchev–Trinajstić information content (AvgIpc) is 1.80. The van der Waals surface area contributed by atoms with Crippen LogP contribution in [0.15, 0.2) is 0 Å². The number of aliphatic hydroxyl groups is 3. The van der Waals surface area contributed by atoms with E-state index in [0.717, 1.165) is 0 Å². The molecule has 0 radical (unpaired) electrons. The summed E-state index contributed by atoms with van der Waals surface area (Å²) in [6.45, 7) is 5.41. The van der Waals surface area contributed by atoms with Crippen LogP contribution < -0.4 is 0 Å². The van der Waals surface area contributed by atoms with Crippen molar-refractivity contribution in [2.45, 2.75) is 58.0 Å². The molecule has 3 unspecified atom stereocenters. The van der Waals surface area contributed by atoms with Crippen LogP contribution in [-0.4, -0.2) is 40.3 Å². The molecule has 13 heavy (non-hydrogen) atoms. The largest absolute Gasteiger partial charge is 0.394 e. The predicted molar refractivity (Wildman–Crippen MR) is 55.2 cm³/mol. The second-order valence-corrected chi connectivity index (χ2v) is 4.12. The minimum atomic E-state index is -0.359. The summed E-state index contributed by atoms with van der Waals surface area (Å²) in [5.74, 6) is 0. The first-order chi connectivity index (χ1) is 5.91. The summed E-state index contributed by atoms with van der Waals surface area (Å²) < 4.78 is 0. The first-order valence-corrected chi connectivity index (χ1v) is 4.96. The van der Waals surface area contributed by atoms with Gasteiger partial charge in [-0.25, -0.2) is 0 Å².